The van der Waals surface area contributed by atoms with Gasteiger partial charge in [-0.1, -0.05) is 23.8 Å². The van der Waals surface area contributed by atoms with E-state index in [0.29, 0.717) is 0 Å². The molecule has 0 bridgehead atoms. The molecule has 0 saturated heterocycles. The van der Waals surface area contributed by atoms with Crippen molar-refractivity contribution in [3.05, 3.63) is 64.7 Å². The van der Waals surface area contributed by atoms with E-state index in [2.05, 4.69) is 16.7 Å². The quantitative estimate of drug-likeness (QED) is 0.806. The molecule has 116 valence electrons. The number of rotatable bonds is 3. The molecule has 0 fully saturated rings. The number of nitrogens with one attached hydrogen (secondary N) is 2. The van der Waals surface area contributed by atoms with Gasteiger partial charge in [0, 0.05) is 6.07 Å². The Morgan fingerprint density at radius 2 is 1.82 bits per heavy atom. The van der Waals surface area contributed by atoms with E-state index in [9.17, 15) is 8.78 Å². The fraction of sp³-hybridized carbons (Fsp3) is 0.235. The summed E-state index contributed by atoms with van der Waals surface area (Å²) in [7, 11) is 0. The highest BCUT2D eigenvalue weighted by Gasteiger charge is 2.11. The number of hydrogen-bond acceptors (Lipinski definition) is 1. The van der Waals surface area contributed by atoms with Crippen LogP contribution >= 0.6 is 12.2 Å². The molecule has 2 rings (SSSR count). The van der Waals surface area contributed by atoms with Crippen molar-refractivity contribution < 1.29 is 8.78 Å². The third kappa shape index (κ3) is 4.01. The molecular formula is C17H18F2N2S. The van der Waals surface area contributed by atoms with Gasteiger partial charge in [-0.2, -0.15) is 0 Å². The largest absolute Gasteiger partial charge is 0.356 e. The Kier molecular flexibility index (Phi) is 5.08. The Balaban J connectivity index is 2.05. The van der Waals surface area contributed by atoms with Gasteiger partial charge >= 0.3 is 0 Å². The van der Waals surface area contributed by atoms with E-state index < -0.39 is 11.6 Å². The third-order valence-electron chi connectivity index (χ3n) is 3.42. The maximum Gasteiger partial charge on any atom is 0.171 e. The molecule has 2 aromatic carbocycles. The number of thiocarbonyl (C=S) groups is 1. The molecule has 2 N–H and O–H groups in total. The molecule has 0 saturated carbocycles. The standard InChI is InChI=1S/C17H18F2N2S/c1-10-4-6-14(11(2)8-10)12(3)20-17(22)21-16-7-5-13(18)9-15(16)19/h4-9,12H,1-3H3,(H2,20,21,22)/t12-/m0/s1. The minimum absolute atomic E-state index is 0.0240. The second-order valence-electron chi connectivity index (χ2n) is 5.30. The molecule has 0 radical (unpaired) electrons. The average molecular weight is 320 g/mol. The summed E-state index contributed by atoms with van der Waals surface area (Å²) in [5.41, 5.74) is 3.62. The van der Waals surface area contributed by atoms with E-state index in [1.807, 2.05) is 32.9 Å². The van der Waals surface area contributed by atoms with E-state index in [4.69, 9.17) is 12.2 Å². The minimum Gasteiger partial charge on any atom is -0.356 e. The van der Waals surface area contributed by atoms with Crippen LogP contribution in [0.25, 0.3) is 0 Å². The molecule has 0 aliphatic heterocycles. The van der Waals surface area contributed by atoms with E-state index in [-0.39, 0.29) is 16.8 Å². The van der Waals surface area contributed by atoms with Crippen LogP contribution in [0.2, 0.25) is 0 Å². The first kappa shape index (κ1) is 16.4. The van der Waals surface area contributed by atoms with Crippen LogP contribution in [0.3, 0.4) is 0 Å². The van der Waals surface area contributed by atoms with Gasteiger partial charge in [-0.3, -0.25) is 0 Å². The highest BCUT2D eigenvalue weighted by Crippen LogP contribution is 2.19. The molecular weight excluding hydrogens is 302 g/mol. The first-order chi connectivity index (χ1) is 10.4. The minimum atomic E-state index is -0.677. The van der Waals surface area contributed by atoms with E-state index in [0.717, 1.165) is 17.2 Å². The normalized spacial score (nSPS) is 11.9. The van der Waals surface area contributed by atoms with E-state index >= 15 is 0 Å². The van der Waals surface area contributed by atoms with Gasteiger partial charge in [-0.25, -0.2) is 8.78 Å². The summed E-state index contributed by atoms with van der Waals surface area (Å²) in [6.07, 6.45) is 0. The monoisotopic (exact) mass is 320 g/mol. The van der Waals surface area contributed by atoms with Crippen LogP contribution in [-0.2, 0) is 0 Å². The lowest BCUT2D eigenvalue weighted by Crippen LogP contribution is -2.31. The molecule has 0 unspecified atom stereocenters. The number of halogens is 2. The summed E-state index contributed by atoms with van der Waals surface area (Å²) >= 11 is 5.19. The van der Waals surface area contributed by atoms with Gasteiger partial charge < -0.3 is 10.6 Å². The van der Waals surface area contributed by atoms with Crippen LogP contribution in [0.1, 0.15) is 29.7 Å². The van der Waals surface area contributed by atoms with Crippen molar-refractivity contribution in [1.82, 2.24) is 5.32 Å². The average Bonchev–Trinajstić information content (AvgIpc) is 2.41. The first-order valence-electron chi connectivity index (χ1n) is 6.96. The Bertz CT molecular complexity index is 701. The summed E-state index contributed by atoms with van der Waals surface area (Å²) in [6.45, 7) is 6.06. The van der Waals surface area contributed by atoms with Gasteiger partial charge in [-0.15, -0.1) is 0 Å². The SMILES string of the molecule is Cc1ccc([C@H](C)NC(=S)Nc2ccc(F)cc2F)c(C)c1. The van der Waals surface area contributed by atoms with E-state index in [1.165, 1.54) is 17.7 Å². The second kappa shape index (κ2) is 6.83. The topological polar surface area (TPSA) is 24.1 Å². The highest BCUT2D eigenvalue weighted by molar-refractivity contribution is 7.80. The lowest BCUT2D eigenvalue weighted by atomic mass is 10.0. The number of hydrogen-bond donors (Lipinski definition) is 2. The maximum absolute atomic E-state index is 13.6. The molecule has 1 atom stereocenters. The Morgan fingerprint density at radius 3 is 2.45 bits per heavy atom. The van der Waals surface area contributed by atoms with Crippen molar-refractivity contribution in [3.63, 3.8) is 0 Å². The maximum atomic E-state index is 13.6. The summed E-state index contributed by atoms with van der Waals surface area (Å²) in [5, 5.41) is 6.14. The summed E-state index contributed by atoms with van der Waals surface area (Å²) < 4.78 is 26.5. The lowest BCUT2D eigenvalue weighted by Gasteiger charge is -2.19. The van der Waals surface area contributed by atoms with Gasteiger partial charge in [0.1, 0.15) is 11.6 Å². The number of aryl methyl sites for hydroxylation is 2. The second-order valence-corrected chi connectivity index (χ2v) is 5.71. The first-order valence-corrected chi connectivity index (χ1v) is 7.37. The molecule has 2 nitrogen and oxygen atoms in total. The van der Waals surface area contributed by atoms with Crippen LogP contribution in [0.15, 0.2) is 36.4 Å². The highest BCUT2D eigenvalue weighted by atomic mass is 32.1. The van der Waals surface area contributed by atoms with Gasteiger partial charge in [0.2, 0.25) is 0 Å². The molecule has 0 aliphatic carbocycles. The number of benzene rings is 2. The Hall–Kier alpha value is -2.01. The van der Waals surface area contributed by atoms with Crippen molar-refractivity contribution in [1.29, 1.82) is 0 Å². The molecule has 0 aliphatic rings. The van der Waals surface area contributed by atoms with Crippen molar-refractivity contribution in [3.8, 4) is 0 Å². The predicted octanol–water partition coefficient (Wildman–Crippen LogP) is 4.63. The summed E-state index contributed by atoms with van der Waals surface area (Å²) in [5.74, 6) is -1.30. The predicted molar refractivity (Wildman–Crippen MR) is 90.0 cm³/mol. The molecule has 5 heteroatoms. The van der Waals surface area contributed by atoms with Gasteiger partial charge in [0.05, 0.1) is 11.7 Å². The van der Waals surface area contributed by atoms with Crippen LogP contribution in [0, 0.1) is 25.5 Å². The molecule has 22 heavy (non-hydrogen) atoms. The van der Waals surface area contributed by atoms with Crippen molar-refractivity contribution >= 4 is 23.0 Å². The molecule has 0 amide bonds. The van der Waals surface area contributed by atoms with Crippen LogP contribution in [0.4, 0.5) is 14.5 Å². The smallest absolute Gasteiger partial charge is 0.171 e. The van der Waals surface area contributed by atoms with Crippen molar-refractivity contribution in [2.45, 2.75) is 26.8 Å². The zero-order chi connectivity index (χ0) is 16.3. The van der Waals surface area contributed by atoms with Crippen molar-refractivity contribution in [2.24, 2.45) is 0 Å². The van der Waals surface area contributed by atoms with Crippen molar-refractivity contribution in [2.75, 3.05) is 5.32 Å². The Morgan fingerprint density at radius 1 is 1.09 bits per heavy atom. The summed E-state index contributed by atoms with van der Waals surface area (Å²) in [4.78, 5) is 0. The van der Waals surface area contributed by atoms with Gasteiger partial charge in [-0.05, 0) is 56.2 Å². The number of anilines is 1. The van der Waals surface area contributed by atoms with Gasteiger partial charge in [0.25, 0.3) is 0 Å². The molecule has 2 aromatic rings. The van der Waals surface area contributed by atoms with Crippen LogP contribution < -0.4 is 10.6 Å². The van der Waals surface area contributed by atoms with Gasteiger partial charge in [0.15, 0.2) is 5.11 Å². The van der Waals surface area contributed by atoms with E-state index in [1.54, 1.807) is 0 Å². The molecule has 0 heterocycles. The zero-order valence-electron chi connectivity index (χ0n) is 12.7. The summed E-state index contributed by atoms with van der Waals surface area (Å²) in [6, 6.07) is 9.48. The molecule has 0 aromatic heterocycles. The third-order valence-corrected chi connectivity index (χ3v) is 3.64. The van der Waals surface area contributed by atoms with Crippen LogP contribution in [-0.4, -0.2) is 5.11 Å². The Labute approximate surface area is 134 Å². The fourth-order valence-electron chi connectivity index (χ4n) is 2.34. The fourth-order valence-corrected chi connectivity index (χ4v) is 2.62. The zero-order valence-corrected chi connectivity index (χ0v) is 13.5. The molecule has 0 spiro atoms. The van der Waals surface area contributed by atoms with Crippen LogP contribution in [0.5, 0.6) is 0 Å². The lowest BCUT2D eigenvalue weighted by molar-refractivity contribution is 0.586.